The van der Waals surface area contributed by atoms with E-state index in [1.165, 1.54) is 12.4 Å². The number of nitro benzene ring substituents is 2. The average Bonchev–Trinajstić information content (AvgIpc) is 3.17. The van der Waals surface area contributed by atoms with E-state index in [0.29, 0.717) is 38.6 Å². The topological polar surface area (TPSA) is 234 Å². The summed E-state index contributed by atoms with van der Waals surface area (Å²) in [6, 6.07) is 18.6. The fourth-order valence-electron chi connectivity index (χ4n) is 5.17. The van der Waals surface area contributed by atoms with E-state index >= 15 is 0 Å². The van der Waals surface area contributed by atoms with Crippen LogP contribution in [-0.2, 0) is 9.13 Å². The number of nitrogen functional groups attached to an aromatic ring is 1. The van der Waals surface area contributed by atoms with Crippen LogP contribution in [0.25, 0.3) is 0 Å². The van der Waals surface area contributed by atoms with Gasteiger partial charge in [0.2, 0.25) is 22.9 Å². The van der Waals surface area contributed by atoms with Crippen LogP contribution in [-0.4, -0.2) is 56.4 Å². The standard InChI is InChI=1S/C19H18ClFN5O3P.C12H12Cl2N3OP.C7H7FN2O2.2CH4/c1-11-8-13(21)16(26(27)28)9-15(11)24-19-22-10-12(20)18(25-19)23-14-6-4-5-7-17(14)30(2,3)29;1-19(2,18)10-6-4-3-5-9(10)16-11-8(13)7-15-12(14)17-11;1-4-2-5(8)7(10(11)12)3-6(4)9;;/h4-10H,1-3H3,(H2,22,23,24,25);3-7H,1-2H3,(H,15,16,17);2-3H,9H2,1H3;2*1H4. The molecule has 23 heteroatoms. The van der Waals surface area contributed by atoms with Gasteiger partial charge in [-0.05, 0) is 99.6 Å². The van der Waals surface area contributed by atoms with Gasteiger partial charge in [-0.1, -0.05) is 62.3 Å². The molecule has 2 aromatic heterocycles. The number of nitrogens with zero attached hydrogens (tertiary/aromatic N) is 6. The average molecular weight is 968 g/mol. The summed E-state index contributed by atoms with van der Waals surface area (Å²) >= 11 is 17.9. The van der Waals surface area contributed by atoms with Crippen LogP contribution in [0, 0.1) is 45.7 Å². The summed E-state index contributed by atoms with van der Waals surface area (Å²) in [6.07, 6.45) is 2.77. The van der Waals surface area contributed by atoms with Crippen LogP contribution in [0.2, 0.25) is 15.3 Å². The number of nitrogens with one attached hydrogen (secondary N) is 3. The molecule has 2 heterocycles. The third kappa shape index (κ3) is 14.7. The summed E-state index contributed by atoms with van der Waals surface area (Å²) in [5.41, 5.74) is 6.84. The number of para-hydroxylation sites is 2. The van der Waals surface area contributed by atoms with Gasteiger partial charge in [0.25, 0.3) is 0 Å². The molecule has 16 nitrogen and oxygen atoms in total. The van der Waals surface area contributed by atoms with Crippen molar-refractivity contribution in [3.63, 3.8) is 0 Å². The maximum absolute atomic E-state index is 13.8. The van der Waals surface area contributed by atoms with Gasteiger partial charge in [0.05, 0.1) is 39.3 Å². The molecule has 336 valence electrons. The Hall–Kier alpha value is -5.77. The zero-order valence-corrected chi connectivity index (χ0v) is 37.1. The first-order valence-corrected chi connectivity index (χ1v) is 23.7. The molecule has 5 N–H and O–H groups in total. The number of hydrogen-bond donors (Lipinski definition) is 4. The maximum atomic E-state index is 13.8. The number of aromatic nitrogens is 4. The van der Waals surface area contributed by atoms with Gasteiger partial charge in [-0.3, -0.25) is 20.2 Å². The Morgan fingerprint density at radius 1 is 0.635 bits per heavy atom. The summed E-state index contributed by atoms with van der Waals surface area (Å²) in [6.45, 7) is 9.92. The van der Waals surface area contributed by atoms with Crippen LogP contribution >= 0.6 is 49.1 Å². The molecule has 6 aromatic rings. The minimum Gasteiger partial charge on any atom is -0.398 e. The lowest BCUT2D eigenvalue weighted by atomic mass is 10.1. The fourth-order valence-corrected chi connectivity index (χ4v) is 7.90. The van der Waals surface area contributed by atoms with Crippen molar-refractivity contribution in [1.29, 1.82) is 0 Å². The second-order valence-electron chi connectivity index (χ2n) is 13.6. The molecular formula is C40H45Cl3F2N10O6P2. The monoisotopic (exact) mass is 966 g/mol. The van der Waals surface area contributed by atoms with Crippen molar-refractivity contribution in [3.8, 4) is 0 Å². The third-order valence-electron chi connectivity index (χ3n) is 8.20. The molecule has 0 atom stereocenters. The molecule has 0 fully saturated rings. The third-order valence-corrected chi connectivity index (χ3v) is 12.0. The number of benzene rings is 4. The first kappa shape index (κ1) is 53.4. The van der Waals surface area contributed by atoms with Gasteiger partial charge >= 0.3 is 11.4 Å². The van der Waals surface area contributed by atoms with Gasteiger partial charge in [0.1, 0.15) is 24.3 Å². The number of aryl methyl sites for hydroxylation is 2. The minimum absolute atomic E-state index is 0. The molecular weight excluding hydrogens is 923 g/mol. The lowest BCUT2D eigenvalue weighted by molar-refractivity contribution is -0.387. The highest BCUT2D eigenvalue weighted by molar-refractivity contribution is 7.70. The van der Waals surface area contributed by atoms with E-state index in [9.17, 15) is 38.1 Å². The van der Waals surface area contributed by atoms with E-state index in [4.69, 9.17) is 40.5 Å². The van der Waals surface area contributed by atoms with Crippen LogP contribution in [0.3, 0.4) is 0 Å². The minimum atomic E-state index is -2.56. The lowest BCUT2D eigenvalue weighted by Gasteiger charge is -2.16. The number of rotatable bonds is 10. The second-order valence-corrected chi connectivity index (χ2v) is 21.1. The number of nitrogens with two attached hydrogens (primary N) is 1. The van der Waals surface area contributed by atoms with Gasteiger partial charge in [0, 0.05) is 28.4 Å². The van der Waals surface area contributed by atoms with Crippen molar-refractivity contribution in [2.75, 3.05) is 48.3 Å². The Balaban J connectivity index is 0.000000354. The first-order chi connectivity index (χ1) is 28.5. The summed E-state index contributed by atoms with van der Waals surface area (Å²) in [4.78, 5) is 35.8. The van der Waals surface area contributed by atoms with Crippen molar-refractivity contribution in [2.24, 2.45) is 0 Å². The highest BCUT2D eigenvalue weighted by atomic mass is 35.5. The van der Waals surface area contributed by atoms with Crippen LogP contribution in [0.4, 0.5) is 60.5 Å². The molecule has 0 radical (unpaired) electrons. The fraction of sp³-hybridized carbons (Fsp3) is 0.200. The van der Waals surface area contributed by atoms with E-state index in [-0.39, 0.29) is 48.3 Å². The maximum Gasteiger partial charge on any atom is 0.306 e. The van der Waals surface area contributed by atoms with Crippen LogP contribution in [0.15, 0.2) is 85.2 Å². The quantitative estimate of drug-likeness (QED) is 0.0329. The van der Waals surface area contributed by atoms with E-state index in [0.717, 1.165) is 29.6 Å². The molecule has 0 unspecified atom stereocenters. The normalized spacial score (nSPS) is 10.7. The highest BCUT2D eigenvalue weighted by Gasteiger charge is 2.20. The number of hydrogen-bond acceptors (Lipinski definition) is 14. The second kappa shape index (κ2) is 22.5. The lowest BCUT2D eigenvalue weighted by Crippen LogP contribution is -2.11. The van der Waals surface area contributed by atoms with E-state index in [2.05, 4.69) is 35.9 Å². The molecule has 6 rings (SSSR count). The molecule has 0 saturated carbocycles. The van der Waals surface area contributed by atoms with Gasteiger partial charge in [-0.25, -0.2) is 9.97 Å². The Kier molecular flexibility index (Phi) is 19.1. The van der Waals surface area contributed by atoms with Crippen molar-refractivity contribution in [2.45, 2.75) is 28.7 Å². The van der Waals surface area contributed by atoms with Crippen molar-refractivity contribution < 1.29 is 27.8 Å². The van der Waals surface area contributed by atoms with Crippen LogP contribution < -0.4 is 32.3 Å². The van der Waals surface area contributed by atoms with E-state index in [1.54, 1.807) is 64.8 Å². The zero-order chi connectivity index (χ0) is 45.4. The molecule has 0 aliphatic heterocycles. The zero-order valence-electron chi connectivity index (χ0n) is 33.1. The Morgan fingerprint density at radius 3 is 1.54 bits per heavy atom. The van der Waals surface area contributed by atoms with Gasteiger partial charge in [-0.2, -0.15) is 18.7 Å². The van der Waals surface area contributed by atoms with Crippen LogP contribution in [0.5, 0.6) is 0 Å². The molecule has 0 bridgehead atoms. The number of nitro groups is 2. The number of anilines is 7. The van der Waals surface area contributed by atoms with E-state index < -0.39 is 47.1 Å². The summed E-state index contributed by atoms with van der Waals surface area (Å²) in [7, 11) is -4.97. The van der Waals surface area contributed by atoms with Gasteiger partial charge in [0.15, 0.2) is 11.6 Å². The highest BCUT2D eigenvalue weighted by Crippen LogP contribution is 2.40. The Bertz CT molecular complexity index is 2730. The Labute approximate surface area is 378 Å². The SMILES string of the molecule is C.C.CP(C)(=O)c1ccccc1Nc1nc(Cl)ncc1Cl.Cc1cc(F)c([N+](=O)[O-])cc1N.Cc1cc(F)c([N+](=O)[O-])cc1Nc1ncc(Cl)c(Nc2ccccc2P(C)(C)=O)n1. The molecule has 0 saturated heterocycles. The van der Waals surface area contributed by atoms with Gasteiger partial charge < -0.3 is 30.8 Å². The molecule has 0 amide bonds. The summed E-state index contributed by atoms with van der Waals surface area (Å²) < 4.78 is 51.4. The van der Waals surface area contributed by atoms with Gasteiger partial charge in [-0.15, -0.1) is 0 Å². The summed E-state index contributed by atoms with van der Waals surface area (Å²) in [5, 5.41) is 32.2. The molecule has 0 spiro atoms. The largest absolute Gasteiger partial charge is 0.398 e. The van der Waals surface area contributed by atoms with E-state index in [1.807, 2.05) is 24.3 Å². The smallest absolute Gasteiger partial charge is 0.306 e. The molecule has 4 aromatic carbocycles. The molecule has 0 aliphatic rings. The van der Waals surface area contributed by atoms with Crippen molar-refractivity contribution in [1.82, 2.24) is 19.9 Å². The van der Waals surface area contributed by atoms with Crippen molar-refractivity contribution in [3.05, 3.63) is 144 Å². The Morgan fingerprint density at radius 2 is 1.06 bits per heavy atom. The van der Waals surface area contributed by atoms with Crippen LogP contribution in [0.1, 0.15) is 26.0 Å². The molecule has 63 heavy (non-hydrogen) atoms. The summed E-state index contributed by atoms with van der Waals surface area (Å²) in [5.74, 6) is -1.04. The van der Waals surface area contributed by atoms with Crippen molar-refractivity contribution >= 4 is 111 Å². The predicted molar refractivity (Wildman–Crippen MR) is 253 cm³/mol. The predicted octanol–water partition coefficient (Wildman–Crippen LogP) is 11.9. The first-order valence-electron chi connectivity index (χ1n) is 17.4. The number of halogens is 5. The molecule has 0 aliphatic carbocycles.